The Morgan fingerprint density at radius 3 is 3.00 bits per heavy atom. The number of hydrogen-bond acceptors (Lipinski definition) is 6. The van der Waals surface area contributed by atoms with E-state index in [1.807, 2.05) is 38.3 Å². The topological polar surface area (TPSA) is 69.4 Å². The Bertz CT molecular complexity index is 747. The molecule has 0 atom stereocenters. The second kappa shape index (κ2) is 8.32. The number of ether oxygens (including phenoxy) is 1. The van der Waals surface area contributed by atoms with E-state index in [2.05, 4.69) is 21.1 Å². The lowest BCUT2D eigenvalue weighted by Gasteiger charge is -2.17. The zero-order valence-electron chi connectivity index (χ0n) is 12.6. The predicted octanol–water partition coefficient (Wildman–Crippen LogP) is 3.97. The van der Waals surface area contributed by atoms with E-state index in [-0.39, 0.29) is 5.29 Å². The normalized spacial score (nSPS) is 14.2. The van der Waals surface area contributed by atoms with Crippen LogP contribution in [0.1, 0.15) is 12.5 Å². The Morgan fingerprint density at radius 1 is 1.48 bits per heavy atom. The first kappa shape index (κ1) is 17.0. The number of nitrogens with one attached hydrogen (secondary N) is 2. The Labute approximate surface area is 144 Å². The molecule has 1 aliphatic rings. The van der Waals surface area contributed by atoms with Crippen LogP contribution in [0.15, 0.2) is 58.3 Å². The van der Waals surface area contributed by atoms with Crippen molar-refractivity contribution in [3.63, 3.8) is 0 Å². The molecule has 0 fully saturated rings. The molecule has 1 aliphatic heterocycles. The smallest absolute Gasteiger partial charge is 0.206 e. The van der Waals surface area contributed by atoms with Gasteiger partial charge in [0, 0.05) is 7.05 Å². The summed E-state index contributed by atoms with van der Waals surface area (Å²) in [6, 6.07) is 5.64. The largest absolute Gasteiger partial charge is 0.454 e. The number of rotatable bonds is 5. The first-order chi connectivity index (χ1) is 11.2. The molecule has 118 valence electrons. The molecule has 1 aromatic rings. The van der Waals surface area contributed by atoms with Gasteiger partial charge in [0.15, 0.2) is 5.75 Å². The molecular formula is C16H15ClN4OS. The molecule has 2 N–H and O–H groups in total. The van der Waals surface area contributed by atoms with Gasteiger partial charge in [0.25, 0.3) is 0 Å². The molecule has 1 aromatic carbocycles. The van der Waals surface area contributed by atoms with Crippen molar-refractivity contribution in [3.8, 4) is 11.8 Å². The number of nitriles is 1. The van der Waals surface area contributed by atoms with Gasteiger partial charge in [0.05, 0.1) is 10.5 Å². The molecule has 0 aromatic heterocycles. The van der Waals surface area contributed by atoms with Crippen LogP contribution in [-0.4, -0.2) is 12.3 Å². The standard InChI is InChI=1S/C16H15ClN4OS/c1-3-12(6-4-5-9-19-2)22-15-11(10-18)7-8-13-14(15)20-16(17)21-23-13/h3-9,19H,1-2H3,(H,20,21)/b6-4-,9-5-,12-3+. The summed E-state index contributed by atoms with van der Waals surface area (Å²) in [6.07, 6.45) is 9.08. The molecule has 0 bridgehead atoms. The SMILES string of the molecule is C\C=C(/C=C\C=C/NC)Oc1c(C#N)ccc2c1N=C(Cl)NS2. The molecular weight excluding hydrogens is 332 g/mol. The number of fused-ring (bicyclic) bond motifs is 1. The fraction of sp³-hybridized carbons (Fsp3) is 0.125. The Balaban J connectivity index is 2.37. The highest BCUT2D eigenvalue weighted by atomic mass is 35.5. The summed E-state index contributed by atoms with van der Waals surface area (Å²) in [4.78, 5) is 5.10. The summed E-state index contributed by atoms with van der Waals surface area (Å²) < 4.78 is 8.77. The Hall–Kier alpha value is -2.36. The van der Waals surface area contributed by atoms with Crippen molar-refractivity contribution in [2.45, 2.75) is 11.8 Å². The first-order valence-corrected chi connectivity index (χ1v) is 7.97. The number of benzene rings is 1. The van der Waals surface area contributed by atoms with E-state index in [9.17, 15) is 5.26 Å². The van der Waals surface area contributed by atoms with Gasteiger partial charge in [-0.3, -0.25) is 0 Å². The van der Waals surface area contributed by atoms with Gasteiger partial charge in [0.2, 0.25) is 5.29 Å². The lowest BCUT2D eigenvalue weighted by Crippen LogP contribution is -2.12. The van der Waals surface area contributed by atoms with E-state index < -0.39 is 0 Å². The second-order valence-electron chi connectivity index (χ2n) is 4.31. The van der Waals surface area contributed by atoms with Crippen LogP contribution in [-0.2, 0) is 0 Å². The maximum Gasteiger partial charge on any atom is 0.206 e. The first-order valence-electron chi connectivity index (χ1n) is 6.78. The van der Waals surface area contributed by atoms with Gasteiger partial charge in [-0.2, -0.15) is 5.26 Å². The zero-order chi connectivity index (χ0) is 16.7. The fourth-order valence-corrected chi connectivity index (χ4v) is 2.57. The quantitative estimate of drug-likeness (QED) is 0.365. The summed E-state index contributed by atoms with van der Waals surface area (Å²) in [7, 11) is 1.82. The zero-order valence-corrected chi connectivity index (χ0v) is 14.2. The highest BCUT2D eigenvalue weighted by Gasteiger charge is 2.20. The minimum atomic E-state index is 0.247. The lowest BCUT2D eigenvalue weighted by atomic mass is 10.2. The van der Waals surface area contributed by atoms with Crippen LogP contribution in [0.5, 0.6) is 5.75 Å². The molecule has 7 heteroatoms. The van der Waals surface area contributed by atoms with Crippen LogP contribution < -0.4 is 14.8 Å². The molecule has 0 saturated heterocycles. The minimum absolute atomic E-state index is 0.247. The predicted molar refractivity (Wildman–Crippen MR) is 94.8 cm³/mol. The maximum atomic E-state index is 9.33. The second-order valence-corrected chi connectivity index (χ2v) is 5.51. The van der Waals surface area contributed by atoms with E-state index in [1.54, 1.807) is 18.3 Å². The third-order valence-corrected chi connectivity index (χ3v) is 3.94. The molecule has 0 amide bonds. The van der Waals surface area contributed by atoms with Gasteiger partial charge < -0.3 is 14.8 Å². The van der Waals surface area contributed by atoms with E-state index in [1.165, 1.54) is 11.9 Å². The van der Waals surface area contributed by atoms with Gasteiger partial charge in [0.1, 0.15) is 17.5 Å². The van der Waals surface area contributed by atoms with Gasteiger partial charge >= 0.3 is 0 Å². The van der Waals surface area contributed by atoms with Crippen molar-refractivity contribution in [1.29, 1.82) is 5.26 Å². The van der Waals surface area contributed by atoms with Gasteiger partial charge in [-0.25, -0.2) is 4.99 Å². The highest BCUT2D eigenvalue weighted by Crippen LogP contribution is 2.42. The number of nitrogens with zero attached hydrogens (tertiary/aromatic N) is 2. The van der Waals surface area contributed by atoms with Crippen LogP contribution in [0.3, 0.4) is 0 Å². The van der Waals surface area contributed by atoms with E-state index >= 15 is 0 Å². The van der Waals surface area contributed by atoms with Crippen LogP contribution in [0, 0.1) is 11.3 Å². The van der Waals surface area contributed by atoms with Crippen molar-refractivity contribution < 1.29 is 4.74 Å². The van der Waals surface area contributed by atoms with E-state index in [0.29, 0.717) is 22.8 Å². The number of halogens is 1. The summed E-state index contributed by atoms with van der Waals surface area (Å²) in [5.74, 6) is 0.998. The van der Waals surface area contributed by atoms with Crippen LogP contribution in [0.2, 0.25) is 0 Å². The van der Waals surface area contributed by atoms with Crippen molar-refractivity contribution in [3.05, 3.63) is 54.0 Å². The number of hydrogen-bond donors (Lipinski definition) is 2. The van der Waals surface area contributed by atoms with Crippen LogP contribution >= 0.6 is 23.5 Å². The molecule has 5 nitrogen and oxygen atoms in total. The number of amidine groups is 1. The minimum Gasteiger partial charge on any atom is -0.454 e. The van der Waals surface area contributed by atoms with Crippen molar-refractivity contribution in [1.82, 2.24) is 10.0 Å². The average Bonchev–Trinajstić information content (AvgIpc) is 2.57. The molecule has 0 radical (unpaired) electrons. The maximum absolute atomic E-state index is 9.33. The average molecular weight is 347 g/mol. The lowest BCUT2D eigenvalue weighted by molar-refractivity contribution is 0.442. The summed E-state index contributed by atoms with van der Waals surface area (Å²) >= 11 is 7.27. The molecule has 0 unspecified atom stereocenters. The number of aliphatic imine (C=N–C) groups is 1. The van der Waals surface area contributed by atoms with Crippen molar-refractivity contribution in [2.24, 2.45) is 4.99 Å². The highest BCUT2D eigenvalue weighted by molar-refractivity contribution is 7.98. The summed E-state index contributed by atoms with van der Waals surface area (Å²) in [6.45, 7) is 1.86. The molecule has 0 saturated carbocycles. The Kier molecular flexibility index (Phi) is 6.15. The van der Waals surface area contributed by atoms with E-state index in [4.69, 9.17) is 16.3 Å². The monoisotopic (exact) mass is 346 g/mol. The van der Waals surface area contributed by atoms with Crippen LogP contribution in [0.25, 0.3) is 0 Å². The molecule has 0 spiro atoms. The van der Waals surface area contributed by atoms with E-state index in [0.717, 1.165) is 4.90 Å². The Morgan fingerprint density at radius 2 is 2.30 bits per heavy atom. The summed E-state index contributed by atoms with van der Waals surface area (Å²) in [5.41, 5.74) is 0.953. The van der Waals surface area contributed by atoms with Gasteiger partial charge in [-0.15, -0.1) is 0 Å². The van der Waals surface area contributed by atoms with Gasteiger partial charge in [-0.1, -0.05) is 6.08 Å². The molecule has 23 heavy (non-hydrogen) atoms. The third kappa shape index (κ3) is 4.31. The number of allylic oxidation sites excluding steroid dienone is 4. The molecule has 1 heterocycles. The fourth-order valence-electron chi connectivity index (χ4n) is 1.76. The van der Waals surface area contributed by atoms with Gasteiger partial charge in [-0.05, 0) is 67.0 Å². The van der Waals surface area contributed by atoms with Crippen LogP contribution in [0.4, 0.5) is 5.69 Å². The molecule has 2 rings (SSSR count). The van der Waals surface area contributed by atoms with Crippen molar-refractivity contribution >= 4 is 34.5 Å². The molecule has 0 aliphatic carbocycles. The summed E-state index contributed by atoms with van der Waals surface area (Å²) in [5, 5.41) is 12.5. The third-order valence-electron chi connectivity index (χ3n) is 2.81. The van der Waals surface area contributed by atoms with Crippen molar-refractivity contribution in [2.75, 3.05) is 7.05 Å².